The maximum absolute atomic E-state index is 13.5. The van der Waals surface area contributed by atoms with Crippen LogP contribution in [0.25, 0.3) is 5.76 Å². The second-order valence-electron chi connectivity index (χ2n) is 7.29. The number of carbonyl (C=O) groups excluding carboxylic acids is 1. The summed E-state index contributed by atoms with van der Waals surface area (Å²) in [5.74, 6) is -0.940. The molecule has 4 rings (SSSR count). The van der Waals surface area contributed by atoms with Crippen molar-refractivity contribution in [1.29, 1.82) is 0 Å². The highest BCUT2D eigenvalue weighted by atomic mass is 19.1. The molecule has 0 bridgehead atoms. The molecule has 1 fully saturated rings. The van der Waals surface area contributed by atoms with Gasteiger partial charge in [-0.2, -0.15) is 0 Å². The second kappa shape index (κ2) is 9.22. The van der Waals surface area contributed by atoms with E-state index in [2.05, 4.69) is 11.0 Å². The van der Waals surface area contributed by atoms with Crippen molar-refractivity contribution in [1.82, 2.24) is 4.90 Å². The molecule has 1 saturated heterocycles. The van der Waals surface area contributed by atoms with Crippen LogP contribution in [0.2, 0.25) is 0 Å². The van der Waals surface area contributed by atoms with E-state index in [4.69, 9.17) is 9.47 Å². The SMILES string of the molecule is O=C(O/C(=C1/CCCC=C1N1CCOCC1)c1ccc(F)cc1)c1ccc(F)cc1. The molecule has 0 radical (unpaired) electrons. The van der Waals surface area contributed by atoms with Crippen LogP contribution in [0, 0.1) is 11.6 Å². The predicted octanol–water partition coefficient (Wildman–Crippen LogP) is 4.93. The summed E-state index contributed by atoms with van der Waals surface area (Å²) in [5.41, 5.74) is 2.84. The van der Waals surface area contributed by atoms with Crippen LogP contribution in [0.1, 0.15) is 35.2 Å². The van der Waals surface area contributed by atoms with Crippen LogP contribution in [0.4, 0.5) is 8.78 Å². The molecule has 4 nitrogen and oxygen atoms in total. The van der Waals surface area contributed by atoms with Gasteiger partial charge in [-0.3, -0.25) is 0 Å². The van der Waals surface area contributed by atoms with Crippen molar-refractivity contribution in [3.05, 3.63) is 88.6 Å². The van der Waals surface area contributed by atoms with Gasteiger partial charge in [-0.15, -0.1) is 0 Å². The molecule has 1 aliphatic heterocycles. The summed E-state index contributed by atoms with van der Waals surface area (Å²) in [7, 11) is 0. The Morgan fingerprint density at radius 1 is 0.900 bits per heavy atom. The summed E-state index contributed by atoms with van der Waals surface area (Å²) in [6, 6.07) is 11.2. The number of carbonyl (C=O) groups is 1. The van der Waals surface area contributed by atoms with Crippen LogP contribution < -0.4 is 0 Å². The Balaban J connectivity index is 1.74. The number of benzene rings is 2. The Hall–Kier alpha value is -2.99. The molecule has 0 atom stereocenters. The highest BCUT2D eigenvalue weighted by Gasteiger charge is 2.25. The van der Waals surface area contributed by atoms with Crippen molar-refractivity contribution in [3.8, 4) is 0 Å². The first-order valence-electron chi connectivity index (χ1n) is 10.1. The number of hydrogen-bond donors (Lipinski definition) is 0. The van der Waals surface area contributed by atoms with Crippen molar-refractivity contribution in [2.24, 2.45) is 0 Å². The van der Waals surface area contributed by atoms with Crippen molar-refractivity contribution in [2.75, 3.05) is 26.3 Å². The molecule has 6 heteroatoms. The van der Waals surface area contributed by atoms with E-state index < -0.39 is 11.8 Å². The summed E-state index contributed by atoms with van der Waals surface area (Å²) in [6.45, 7) is 2.81. The van der Waals surface area contributed by atoms with Crippen molar-refractivity contribution >= 4 is 11.7 Å². The molecular formula is C24H23F2NO3. The third kappa shape index (κ3) is 4.60. The first-order valence-corrected chi connectivity index (χ1v) is 10.1. The average molecular weight is 411 g/mol. The van der Waals surface area contributed by atoms with Gasteiger partial charge in [0.05, 0.1) is 18.8 Å². The van der Waals surface area contributed by atoms with Crippen molar-refractivity contribution in [2.45, 2.75) is 19.3 Å². The molecule has 2 aliphatic rings. The minimum atomic E-state index is -0.575. The predicted molar refractivity (Wildman–Crippen MR) is 109 cm³/mol. The number of hydrogen-bond acceptors (Lipinski definition) is 4. The molecule has 156 valence electrons. The van der Waals surface area contributed by atoms with Gasteiger partial charge in [0.25, 0.3) is 0 Å². The zero-order valence-corrected chi connectivity index (χ0v) is 16.6. The van der Waals surface area contributed by atoms with Gasteiger partial charge in [-0.05, 0) is 67.8 Å². The van der Waals surface area contributed by atoms with Crippen molar-refractivity contribution < 1.29 is 23.0 Å². The molecule has 30 heavy (non-hydrogen) atoms. The highest BCUT2D eigenvalue weighted by Crippen LogP contribution is 2.35. The lowest BCUT2D eigenvalue weighted by Crippen LogP contribution is -2.37. The van der Waals surface area contributed by atoms with Crippen molar-refractivity contribution in [3.63, 3.8) is 0 Å². The van der Waals surface area contributed by atoms with Crippen LogP contribution in [0.5, 0.6) is 0 Å². The Morgan fingerprint density at radius 3 is 2.13 bits per heavy atom. The maximum Gasteiger partial charge on any atom is 0.343 e. The van der Waals surface area contributed by atoms with Crippen LogP contribution in [-0.2, 0) is 9.47 Å². The zero-order chi connectivity index (χ0) is 20.9. The normalized spacial score (nSPS) is 18.6. The third-order valence-electron chi connectivity index (χ3n) is 5.28. The van der Waals surface area contributed by atoms with E-state index in [0.717, 1.165) is 43.6 Å². The molecule has 1 aliphatic carbocycles. The molecule has 1 heterocycles. The number of halogens is 2. The molecule has 0 amide bonds. The Bertz CT molecular complexity index is 959. The van der Waals surface area contributed by atoms with E-state index in [1.54, 1.807) is 12.1 Å². The molecule has 0 unspecified atom stereocenters. The largest absolute Gasteiger partial charge is 0.422 e. The number of nitrogens with zero attached hydrogens (tertiary/aromatic N) is 1. The van der Waals surface area contributed by atoms with Crippen LogP contribution in [0.3, 0.4) is 0 Å². The fraction of sp³-hybridized carbons (Fsp3) is 0.292. The minimum Gasteiger partial charge on any atom is -0.422 e. The Labute approximate surface area is 174 Å². The first kappa shape index (κ1) is 20.3. The number of allylic oxidation sites excluding steroid dienone is 2. The topological polar surface area (TPSA) is 38.8 Å². The minimum absolute atomic E-state index is 0.254. The molecule has 0 spiro atoms. The molecule has 0 N–H and O–H groups in total. The lowest BCUT2D eigenvalue weighted by atomic mass is 9.93. The first-order chi connectivity index (χ1) is 14.6. The van der Waals surface area contributed by atoms with Gasteiger partial charge in [-0.1, -0.05) is 6.08 Å². The van der Waals surface area contributed by atoms with E-state index in [-0.39, 0.29) is 11.4 Å². The van der Waals surface area contributed by atoms with Crippen LogP contribution in [0.15, 0.2) is 65.9 Å². The van der Waals surface area contributed by atoms with Gasteiger partial charge in [-0.25, -0.2) is 13.6 Å². The Kier molecular flexibility index (Phi) is 6.23. The van der Waals surface area contributed by atoms with Crippen LogP contribution >= 0.6 is 0 Å². The summed E-state index contributed by atoms with van der Waals surface area (Å²) in [6.07, 6.45) is 4.78. The molecule has 0 aromatic heterocycles. The highest BCUT2D eigenvalue weighted by molar-refractivity contribution is 5.93. The van der Waals surface area contributed by atoms with E-state index in [9.17, 15) is 13.6 Å². The van der Waals surface area contributed by atoms with Crippen LogP contribution in [-0.4, -0.2) is 37.2 Å². The number of esters is 1. The Morgan fingerprint density at radius 2 is 1.50 bits per heavy atom. The summed E-state index contributed by atoms with van der Waals surface area (Å²) < 4.78 is 38.1. The molecule has 2 aromatic carbocycles. The monoisotopic (exact) mass is 411 g/mol. The maximum atomic E-state index is 13.5. The van der Waals surface area contributed by atoms with E-state index in [1.807, 2.05) is 0 Å². The van der Waals surface area contributed by atoms with Gasteiger partial charge < -0.3 is 14.4 Å². The van der Waals surface area contributed by atoms with Gasteiger partial charge in [0.1, 0.15) is 17.4 Å². The number of rotatable bonds is 4. The molecular weight excluding hydrogens is 388 g/mol. The van der Waals surface area contributed by atoms with E-state index >= 15 is 0 Å². The quantitative estimate of drug-likeness (QED) is 0.528. The zero-order valence-electron chi connectivity index (χ0n) is 16.6. The summed E-state index contributed by atoms with van der Waals surface area (Å²) in [4.78, 5) is 15.1. The summed E-state index contributed by atoms with van der Waals surface area (Å²) >= 11 is 0. The number of ether oxygens (including phenoxy) is 2. The lowest BCUT2D eigenvalue weighted by molar-refractivity contribution is 0.0537. The number of morpholine rings is 1. The average Bonchev–Trinajstić information content (AvgIpc) is 2.79. The fourth-order valence-corrected chi connectivity index (χ4v) is 3.76. The van der Waals surface area contributed by atoms with Gasteiger partial charge in [0.15, 0.2) is 0 Å². The van der Waals surface area contributed by atoms with E-state index in [0.29, 0.717) is 24.5 Å². The van der Waals surface area contributed by atoms with Gasteiger partial charge in [0, 0.05) is 29.9 Å². The molecule has 2 aromatic rings. The summed E-state index contributed by atoms with van der Waals surface area (Å²) in [5, 5.41) is 0. The van der Waals surface area contributed by atoms with Gasteiger partial charge >= 0.3 is 5.97 Å². The fourth-order valence-electron chi connectivity index (χ4n) is 3.76. The van der Waals surface area contributed by atoms with Gasteiger partial charge in [0.2, 0.25) is 0 Å². The lowest BCUT2D eigenvalue weighted by Gasteiger charge is -2.34. The standard InChI is InChI=1S/C24H23F2NO3/c25-19-9-5-17(6-10-19)23(30-24(28)18-7-11-20(26)12-8-18)21-3-1-2-4-22(21)27-13-15-29-16-14-27/h4-12H,1-3,13-16H2/b23-21-. The van der Waals surface area contributed by atoms with E-state index in [1.165, 1.54) is 36.4 Å². The molecule has 0 saturated carbocycles. The smallest absolute Gasteiger partial charge is 0.343 e. The second-order valence-corrected chi connectivity index (χ2v) is 7.29. The third-order valence-corrected chi connectivity index (χ3v) is 5.28.